The molecule has 0 bridgehead atoms. The molecule has 0 aliphatic carbocycles. The molecule has 0 atom stereocenters. The Morgan fingerprint density at radius 1 is 0.392 bits per heavy atom. The van der Waals surface area contributed by atoms with Crippen molar-refractivity contribution in [1.82, 2.24) is 0 Å². The Balaban J connectivity index is 4.14. The zero-order valence-corrected chi connectivity index (χ0v) is 33.4. The quantitative estimate of drug-likeness (QED) is 0.0209. The molecule has 0 aromatic carbocycles. The molecule has 0 heterocycles. The molecule has 0 N–H and O–H groups in total. The number of esters is 3. The van der Waals surface area contributed by atoms with Crippen molar-refractivity contribution in [3.05, 3.63) is 48.6 Å². The Morgan fingerprint density at radius 3 is 1.12 bits per heavy atom. The Hall–Kier alpha value is -2.63. The van der Waals surface area contributed by atoms with E-state index in [-0.39, 0.29) is 31.1 Å². The molecule has 6 nitrogen and oxygen atoms in total. The number of allylic oxidation sites excluding steroid dienone is 8. The minimum Gasteiger partial charge on any atom is -0.462 e. The van der Waals surface area contributed by atoms with Crippen molar-refractivity contribution in [1.29, 1.82) is 0 Å². The van der Waals surface area contributed by atoms with Gasteiger partial charge >= 0.3 is 17.9 Å². The van der Waals surface area contributed by atoms with Gasteiger partial charge in [0.2, 0.25) is 0 Å². The number of hydrogen-bond acceptors (Lipinski definition) is 6. The summed E-state index contributed by atoms with van der Waals surface area (Å²) in [5.41, 5.74) is 0. The van der Waals surface area contributed by atoms with Crippen molar-refractivity contribution in [2.24, 2.45) is 0 Å². The fraction of sp³-hybridized carbons (Fsp3) is 0.756. The summed E-state index contributed by atoms with van der Waals surface area (Å²) in [6.45, 7) is 6.37. The second kappa shape index (κ2) is 40.1. The van der Waals surface area contributed by atoms with E-state index in [1.807, 2.05) is 0 Å². The van der Waals surface area contributed by atoms with Crippen molar-refractivity contribution in [3.8, 4) is 0 Å². The third-order valence-corrected chi connectivity index (χ3v) is 8.81. The Labute approximate surface area is 314 Å². The van der Waals surface area contributed by atoms with E-state index < -0.39 is 6.10 Å². The van der Waals surface area contributed by atoms with Gasteiger partial charge in [-0.3, -0.25) is 14.4 Å². The maximum absolute atomic E-state index is 12.4. The lowest BCUT2D eigenvalue weighted by Crippen LogP contribution is -2.30. The van der Waals surface area contributed by atoms with Gasteiger partial charge in [0.25, 0.3) is 0 Å². The van der Waals surface area contributed by atoms with Crippen LogP contribution >= 0.6 is 0 Å². The average Bonchev–Trinajstić information content (AvgIpc) is 3.12. The van der Waals surface area contributed by atoms with E-state index in [4.69, 9.17) is 14.2 Å². The molecule has 0 aliphatic heterocycles. The van der Waals surface area contributed by atoms with Crippen LogP contribution < -0.4 is 0 Å². The van der Waals surface area contributed by atoms with E-state index in [0.717, 1.165) is 96.3 Å². The van der Waals surface area contributed by atoms with E-state index in [1.165, 1.54) is 64.2 Å². The van der Waals surface area contributed by atoms with Crippen molar-refractivity contribution in [2.45, 2.75) is 207 Å². The molecule has 0 aromatic rings. The van der Waals surface area contributed by atoms with Crippen LogP contribution in [0.25, 0.3) is 0 Å². The van der Waals surface area contributed by atoms with Crippen LogP contribution in [0.1, 0.15) is 201 Å². The van der Waals surface area contributed by atoms with E-state index in [9.17, 15) is 14.4 Å². The molecular formula is C45H78O6. The molecule has 0 aromatic heterocycles. The van der Waals surface area contributed by atoms with Gasteiger partial charge in [-0.15, -0.1) is 0 Å². The molecule has 0 saturated heterocycles. The first kappa shape index (κ1) is 48.4. The van der Waals surface area contributed by atoms with E-state index in [0.29, 0.717) is 19.3 Å². The van der Waals surface area contributed by atoms with Gasteiger partial charge in [-0.2, -0.15) is 0 Å². The lowest BCUT2D eigenvalue weighted by atomic mass is 10.1. The third kappa shape index (κ3) is 38.4. The molecule has 0 unspecified atom stereocenters. The first-order valence-electron chi connectivity index (χ1n) is 21.1. The van der Waals surface area contributed by atoms with Crippen LogP contribution in [0.5, 0.6) is 0 Å². The van der Waals surface area contributed by atoms with E-state index in [1.54, 1.807) is 0 Å². The highest BCUT2D eigenvalue weighted by molar-refractivity contribution is 5.71. The van der Waals surface area contributed by atoms with Crippen LogP contribution in [-0.2, 0) is 28.6 Å². The minimum absolute atomic E-state index is 0.0877. The molecule has 51 heavy (non-hydrogen) atoms. The first-order valence-corrected chi connectivity index (χ1v) is 21.1. The second-order valence-corrected chi connectivity index (χ2v) is 13.9. The molecule has 0 saturated carbocycles. The van der Waals surface area contributed by atoms with E-state index in [2.05, 4.69) is 69.4 Å². The zero-order valence-electron chi connectivity index (χ0n) is 33.4. The fourth-order valence-corrected chi connectivity index (χ4v) is 5.56. The number of hydrogen-bond donors (Lipinski definition) is 0. The highest BCUT2D eigenvalue weighted by Crippen LogP contribution is 2.12. The average molecular weight is 716 g/mol. The third-order valence-electron chi connectivity index (χ3n) is 8.81. The largest absolute Gasteiger partial charge is 0.462 e. The topological polar surface area (TPSA) is 78.9 Å². The van der Waals surface area contributed by atoms with Crippen LogP contribution in [0.15, 0.2) is 48.6 Å². The Kier molecular flexibility index (Phi) is 38.1. The van der Waals surface area contributed by atoms with Gasteiger partial charge in [0.05, 0.1) is 0 Å². The SMILES string of the molecule is CCCCC/C=C\C/C=C\CCCCCCCC(=O)OCC(COC(=O)CCCCCCC/C=C\C/C=C\CCCCC)O[13C](=O)CCCCC. The lowest BCUT2D eigenvalue weighted by Gasteiger charge is -2.18. The van der Waals surface area contributed by atoms with Crippen LogP contribution in [0, 0.1) is 0 Å². The van der Waals surface area contributed by atoms with Crippen LogP contribution in [0.2, 0.25) is 0 Å². The summed E-state index contributed by atoms with van der Waals surface area (Å²) >= 11 is 0. The maximum Gasteiger partial charge on any atom is 0.306 e. The van der Waals surface area contributed by atoms with Gasteiger partial charge < -0.3 is 14.2 Å². The summed E-state index contributed by atoms with van der Waals surface area (Å²) in [7, 11) is 0. The first-order chi connectivity index (χ1) is 25.0. The maximum atomic E-state index is 12.4. The molecular weight excluding hydrogens is 637 g/mol. The van der Waals surface area contributed by atoms with Crippen molar-refractivity contribution >= 4 is 17.9 Å². The van der Waals surface area contributed by atoms with Crippen LogP contribution in [0.4, 0.5) is 0 Å². The standard InChI is InChI=1S/C45H78O6/c1-4-7-10-12-14-16-18-20-22-24-26-28-30-32-35-37-43(46)49-40-42(51-45(48)39-34-9-6-3)41-50-44(47)38-36-33-31-29-27-25-23-21-19-17-15-13-11-8-5-2/h14-17,20-23,42H,4-13,18-19,24-41H2,1-3H3/b16-14-,17-15-,22-20-,23-21-/i45+1. The fourth-order valence-electron chi connectivity index (χ4n) is 5.56. The molecule has 0 spiro atoms. The molecule has 0 rings (SSSR count). The van der Waals surface area contributed by atoms with Gasteiger partial charge in [0, 0.05) is 19.3 Å². The molecule has 294 valence electrons. The van der Waals surface area contributed by atoms with Crippen molar-refractivity contribution in [3.63, 3.8) is 0 Å². The van der Waals surface area contributed by atoms with Crippen molar-refractivity contribution < 1.29 is 28.6 Å². The number of unbranched alkanes of at least 4 members (excludes halogenated alkanes) is 18. The molecule has 0 amide bonds. The predicted octanol–water partition coefficient (Wildman–Crippen LogP) is 13.2. The smallest absolute Gasteiger partial charge is 0.306 e. The van der Waals surface area contributed by atoms with Crippen LogP contribution in [-0.4, -0.2) is 37.2 Å². The molecule has 0 aliphatic rings. The van der Waals surface area contributed by atoms with Gasteiger partial charge in [0.1, 0.15) is 13.2 Å². The highest BCUT2D eigenvalue weighted by Gasteiger charge is 2.19. The van der Waals surface area contributed by atoms with Gasteiger partial charge in [-0.1, -0.05) is 146 Å². The summed E-state index contributed by atoms with van der Waals surface area (Å²) in [5, 5.41) is 0. The molecule has 6 heteroatoms. The van der Waals surface area contributed by atoms with Crippen LogP contribution in [0.3, 0.4) is 0 Å². The highest BCUT2D eigenvalue weighted by atomic mass is 16.7. The lowest BCUT2D eigenvalue weighted by molar-refractivity contribution is -0.167. The zero-order chi connectivity index (χ0) is 37.3. The van der Waals surface area contributed by atoms with E-state index >= 15 is 0 Å². The number of carbonyl (C=O) groups excluding carboxylic acids is 3. The summed E-state index contributed by atoms with van der Waals surface area (Å²) in [6, 6.07) is 0. The number of rotatable bonds is 37. The summed E-state index contributed by atoms with van der Waals surface area (Å²) < 4.78 is 16.4. The molecule has 0 radical (unpaired) electrons. The van der Waals surface area contributed by atoms with Gasteiger partial charge in [-0.05, 0) is 83.5 Å². The monoisotopic (exact) mass is 716 g/mol. The Morgan fingerprint density at radius 2 is 0.706 bits per heavy atom. The summed E-state index contributed by atoms with van der Waals surface area (Å²) in [6.07, 6.45) is 45.8. The normalized spacial score (nSPS) is 11.9. The Bertz CT molecular complexity index is 856. The summed E-state index contributed by atoms with van der Waals surface area (Å²) in [5.74, 6) is -0.948. The second-order valence-electron chi connectivity index (χ2n) is 13.9. The minimum atomic E-state index is -0.777. The number of ether oxygens (including phenoxy) is 3. The molecule has 0 fully saturated rings. The predicted molar refractivity (Wildman–Crippen MR) is 215 cm³/mol. The van der Waals surface area contributed by atoms with Gasteiger partial charge in [-0.25, -0.2) is 0 Å². The van der Waals surface area contributed by atoms with Crippen molar-refractivity contribution in [2.75, 3.05) is 13.2 Å². The number of carbonyl (C=O) groups is 3. The van der Waals surface area contributed by atoms with Gasteiger partial charge in [0.15, 0.2) is 6.10 Å². The summed E-state index contributed by atoms with van der Waals surface area (Å²) in [4.78, 5) is 37.1.